The molecule has 3 rings (SSSR count). The minimum atomic E-state index is -2.02. The number of phenolic OH excluding ortho intramolecular Hbond substituents is 2. The summed E-state index contributed by atoms with van der Waals surface area (Å²) in [6.07, 6.45) is -0.347. The first-order valence-corrected chi connectivity index (χ1v) is 8.81. The van der Waals surface area contributed by atoms with Gasteiger partial charge >= 0.3 is 12.1 Å². The number of carbonyl (C=O) groups is 3. The Morgan fingerprint density at radius 2 is 1.80 bits per heavy atom. The number of anilines is 1. The smallest absolute Gasteiger partial charge is 0.405 e. The summed E-state index contributed by atoms with van der Waals surface area (Å²) in [6, 6.07) is 11.5. The third-order valence-corrected chi connectivity index (χ3v) is 4.78. The lowest BCUT2D eigenvalue weighted by Gasteiger charge is -2.47. The van der Waals surface area contributed by atoms with Crippen LogP contribution in [0.1, 0.15) is 5.56 Å². The molecule has 156 valence electrons. The van der Waals surface area contributed by atoms with Gasteiger partial charge in [0, 0.05) is 12.7 Å². The second-order valence-electron chi connectivity index (χ2n) is 6.68. The number of urea groups is 1. The van der Waals surface area contributed by atoms with Crippen molar-refractivity contribution in [3.05, 3.63) is 60.2 Å². The van der Waals surface area contributed by atoms with Crippen LogP contribution in [0.25, 0.3) is 6.08 Å². The van der Waals surface area contributed by atoms with E-state index in [0.29, 0.717) is 11.3 Å². The Kier molecular flexibility index (Phi) is 5.35. The fourth-order valence-corrected chi connectivity index (χ4v) is 3.22. The van der Waals surface area contributed by atoms with Crippen molar-refractivity contribution < 1.29 is 29.7 Å². The Hall–Kier alpha value is -4.05. The lowest BCUT2D eigenvalue weighted by atomic mass is 9.89. The molecule has 6 N–H and O–H groups in total. The number of phenols is 2. The van der Waals surface area contributed by atoms with Gasteiger partial charge in [-0.15, -0.1) is 0 Å². The second kappa shape index (κ2) is 7.76. The van der Waals surface area contributed by atoms with E-state index < -0.39 is 35.5 Å². The van der Waals surface area contributed by atoms with E-state index in [1.54, 1.807) is 30.3 Å². The van der Waals surface area contributed by atoms with Crippen LogP contribution < -0.4 is 16.0 Å². The van der Waals surface area contributed by atoms with Crippen molar-refractivity contribution in [3.63, 3.8) is 0 Å². The van der Waals surface area contributed by atoms with E-state index in [9.17, 15) is 29.7 Å². The molecule has 4 amide bonds. The monoisotopic (exact) mass is 412 g/mol. The second-order valence-corrected chi connectivity index (χ2v) is 6.68. The molecule has 2 atom stereocenters. The average molecular weight is 412 g/mol. The van der Waals surface area contributed by atoms with Crippen LogP contribution in [0.3, 0.4) is 0 Å². The Morgan fingerprint density at radius 3 is 2.40 bits per heavy atom. The molecule has 30 heavy (non-hydrogen) atoms. The molecular weight excluding hydrogens is 392 g/mol. The van der Waals surface area contributed by atoms with Crippen LogP contribution in [-0.2, 0) is 4.79 Å². The van der Waals surface area contributed by atoms with E-state index in [1.807, 2.05) is 0 Å². The SMILES string of the molecule is CN1C(=O)N(c2ccccc2)C(N)C(C=Cc2ccc(O)c(O)c2)(NC(=O)O)C1=O. The minimum absolute atomic E-state index is 0.337. The zero-order valence-corrected chi connectivity index (χ0v) is 15.9. The number of rotatable bonds is 4. The molecule has 0 saturated carbocycles. The van der Waals surface area contributed by atoms with E-state index in [0.717, 1.165) is 9.80 Å². The third kappa shape index (κ3) is 3.51. The van der Waals surface area contributed by atoms with Crippen molar-refractivity contribution >= 4 is 29.8 Å². The minimum Gasteiger partial charge on any atom is -0.504 e. The number of amides is 4. The van der Waals surface area contributed by atoms with E-state index >= 15 is 0 Å². The molecule has 0 bridgehead atoms. The summed E-state index contributed by atoms with van der Waals surface area (Å²) < 4.78 is 0. The van der Waals surface area contributed by atoms with Gasteiger partial charge in [0.05, 0.1) is 0 Å². The van der Waals surface area contributed by atoms with E-state index in [1.165, 1.54) is 37.4 Å². The van der Waals surface area contributed by atoms with Gasteiger partial charge in [-0.25, -0.2) is 9.59 Å². The Morgan fingerprint density at radius 1 is 1.13 bits per heavy atom. The molecule has 0 spiro atoms. The van der Waals surface area contributed by atoms with Crippen LogP contribution in [0.2, 0.25) is 0 Å². The summed E-state index contributed by atoms with van der Waals surface area (Å²) in [5, 5.41) is 30.7. The normalized spacial score (nSPS) is 21.9. The number of imide groups is 1. The number of carbonyl (C=O) groups excluding carboxylic acids is 2. The van der Waals surface area contributed by atoms with Gasteiger partial charge in [0.15, 0.2) is 17.0 Å². The van der Waals surface area contributed by atoms with Gasteiger partial charge in [-0.3, -0.25) is 14.6 Å². The summed E-state index contributed by atoms with van der Waals surface area (Å²) in [5.41, 5.74) is 5.01. The Labute approximate surface area is 171 Å². The van der Waals surface area contributed by atoms with Crippen molar-refractivity contribution in [2.45, 2.75) is 11.7 Å². The zero-order valence-electron chi connectivity index (χ0n) is 15.9. The van der Waals surface area contributed by atoms with Crippen LogP contribution in [0.15, 0.2) is 54.6 Å². The number of likely N-dealkylation sites (N-methyl/N-ethyl adjacent to an activating group) is 1. The van der Waals surface area contributed by atoms with Crippen LogP contribution in [0.5, 0.6) is 11.5 Å². The maximum atomic E-state index is 13.1. The largest absolute Gasteiger partial charge is 0.504 e. The molecule has 0 aliphatic carbocycles. The highest BCUT2D eigenvalue weighted by molar-refractivity contribution is 6.12. The zero-order chi connectivity index (χ0) is 22.1. The summed E-state index contributed by atoms with van der Waals surface area (Å²) in [5.74, 6) is -1.60. The fourth-order valence-electron chi connectivity index (χ4n) is 3.22. The highest BCUT2D eigenvalue weighted by Gasteiger charge is 2.55. The molecule has 10 heteroatoms. The molecule has 1 aliphatic heterocycles. The van der Waals surface area contributed by atoms with Crippen molar-refractivity contribution in [1.82, 2.24) is 10.2 Å². The maximum absolute atomic E-state index is 13.1. The van der Waals surface area contributed by atoms with E-state index in [4.69, 9.17) is 5.73 Å². The van der Waals surface area contributed by atoms with Crippen LogP contribution in [0, 0.1) is 0 Å². The molecule has 10 nitrogen and oxygen atoms in total. The molecular formula is C20H20N4O6. The number of nitrogens with one attached hydrogen (secondary N) is 1. The maximum Gasteiger partial charge on any atom is 0.405 e. The van der Waals surface area contributed by atoms with Gasteiger partial charge in [0.25, 0.3) is 5.91 Å². The number of carboxylic acid groups (broad SMARTS) is 1. The molecule has 0 radical (unpaired) electrons. The molecule has 2 aromatic rings. The lowest BCUT2D eigenvalue weighted by molar-refractivity contribution is -0.134. The van der Waals surface area contributed by atoms with Gasteiger partial charge in [0.1, 0.15) is 6.17 Å². The van der Waals surface area contributed by atoms with Crippen molar-refractivity contribution in [2.75, 3.05) is 11.9 Å². The number of para-hydroxylation sites is 1. The first kappa shape index (κ1) is 20.7. The number of nitrogens with zero attached hydrogens (tertiary/aromatic N) is 2. The number of benzene rings is 2. The predicted molar refractivity (Wildman–Crippen MR) is 108 cm³/mol. The number of aromatic hydroxyl groups is 2. The first-order valence-electron chi connectivity index (χ1n) is 8.81. The molecule has 1 heterocycles. The Balaban J connectivity index is 2.12. The van der Waals surface area contributed by atoms with Crippen LogP contribution in [0.4, 0.5) is 15.3 Å². The number of nitrogens with two attached hydrogens (primary N) is 1. The lowest BCUT2D eigenvalue weighted by Crippen LogP contribution is -2.78. The van der Waals surface area contributed by atoms with Crippen LogP contribution in [-0.4, -0.2) is 57.0 Å². The van der Waals surface area contributed by atoms with Gasteiger partial charge in [-0.1, -0.05) is 30.3 Å². The predicted octanol–water partition coefficient (Wildman–Crippen LogP) is 1.50. The third-order valence-electron chi connectivity index (χ3n) is 4.78. The van der Waals surface area contributed by atoms with Crippen molar-refractivity contribution in [1.29, 1.82) is 0 Å². The standard InChI is InChI=1S/C20H20N4O6/c1-23-17(27)20(22-18(28)29,10-9-12-7-8-14(25)15(26)11-12)16(21)24(19(23)30)13-5-3-2-4-6-13/h2-11,16,22,25-26H,21H2,1H3,(H,28,29). The van der Waals surface area contributed by atoms with Gasteiger partial charge < -0.3 is 26.4 Å². The van der Waals surface area contributed by atoms with Gasteiger partial charge in [-0.2, -0.15) is 0 Å². The molecule has 1 saturated heterocycles. The van der Waals surface area contributed by atoms with E-state index in [-0.39, 0.29) is 5.75 Å². The highest BCUT2D eigenvalue weighted by atomic mass is 16.4. The summed E-state index contributed by atoms with van der Waals surface area (Å²) in [6.45, 7) is 0. The summed E-state index contributed by atoms with van der Waals surface area (Å²) in [7, 11) is 1.23. The molecule has 2 aromatic carbocycles. The highest BCUT2D eigenvalue weighted by Crippen LogP contribution is 2.31. The average Bonchev–Trinajstić information content (AvgIpc) is 2.72. The number of hydrogen-bond acceptors (Lipinski definition) is 6. The molecule has 2 unspecified atom stereocenters. The number of hydrogen-bond donors (Lipinski definition) is 5. The van der Waals surface area contributed by atoms with Gasteiger partial charge in [0.2, 0.25) is 0 Å². The Bertz CT molecular complexity index is 1030. The van der Waals surface area contributed by atoms with Crippen molar-refractivity contribution in [3.8, 4) is 11.5 Å². The molecule has 0 aromatic heterocycles. The fraction of sp³-hybridized carbons (Fsp3) is 0.150. The quantitative estimate of drug-likeness (QED) is 0.476. The van der Waals surface area contributed by atoms with Crippen LogP contribution >= 0.6 is 0 Å². The van der Waals surface area contributed by atoms with Gasteiger partial charge in [-0.05, 0) is 35.9 Å². The van der Waals surface area contributed by atoms with Crippen molar-refractivity contribution in [2.24, 2.45) is 5.73 Å². The summed E-state index contributed by atoms with van der Waals surface area (Å²) in [4.78, 5) is 39.3. The topological polar surface area (TPSA) is 156 Å². The molecule has 1 fully saturated rings. The molecule has 1 aliphatic rings. The van der Waals surface area contributed by atoms with E-state index in [2.05, 4.69) is 5.32 Å². The summed E-state index contributed by atoms with van der Waals surface area (Å²) >= 11 is 0. The first-order chi connectivity index (χ1) is 14.2.